The lowest BCUT2D eigenvalue weighted by Crippen LogP contribution is -2.37. The predicted molar refractivity (Wildman–Crippen MR) is 204 cm³/mol. The van der Waals surface area contributed by atoms with E-state index in [0.29, 0.717) is 12.8 Å². The minimum atomic E-state index is -1.83. The summed E-state index contributed by atoms with van der Waals surface area (Å²) < 4.78 is 0. The minimum Gasteiger partial charge on any atom is -0.481 e. The monoisotopic (exact) mass is 707 g/mol. The quantitative estimate of drug-likeness (QED) is 0.0368. The second-order valence-corrected chi connectivity index (χ2v) is 14.7. The molecule has 2 unspecified atom stereocenters. The lowest BCUT2D eigenvalue weighted by atomic mass is 9.71. The van der Waals surface area contributed by atoms with E-state index in [2.05, 4.69) is 13.8 Å². The summed E-state index contributed by atoms with van der Waals surface area (Å²) in [6.45, 7) is 4.45. The molecule has 4 N–H and O–H groups in total. The van der Waals surface area contributed by atoms with Crippen LogP contribution in [-0.4, -0.2) is 44.3 Å². The van der Waals surface area contributed by atoms with E-state index in [9.17, 15) is 39.6 Å². The highest BCUT2D eigenvalue weighted by Gasteiger charge is 2.44. The standard InChI is InChI=1S/C42H74O8/c1-3-5-7-9-11-13-15-17-19-21-23-25-27-29-31-41(39(47)48,35-37(43)44)33-34-42(40(49)50,36-38(45)46)32-30-28-26-24-22-20-18-16-14-12-10-8-6-4-2/h29-32H,3-28,33-36H2,1-2H3,(H,43,44)(H,45,46)(H,47,48)(H,49,50). The Morgan fingerprint density at radius 2 is 0.640 bits per heavy atom. The number of hydrogen-bond donors (Lipinski definition) is 4. The van der Waals surface area contributed by atoms with Crippen LogP contribution >= 0.6 is 0 Å². The molecule has 0 aromatic carbocycles. The van der Waals surface area contributed by atoms with E-state index in [1.54, 1.807) is 12.2 Å². The molecule has 0 fully saturated rings. The number of hydrogen-bond acceptors (Lipinski definition) is 4. The predicted octanol–water partition coefficient (Wildman–Crippen LogP) is 12.2. The van der Waals surface area contributed by atoms with Gasteiger partial charge in [0.2, 0.25) is 0 Å². The van der Waals surface area contributed by atoms with Crippen LogP contribution < -0.4 is 0 Å². The first-order valence-electron chi connectivity index (χ1n) is 20.3. The average molecular weight is 707 g/mol. The van der Waals surface area contributed by atoms with Gasteiger partial charge >= 0.3 is 23.9 Å². The van der Waals surface area contributed by atoms with Crippen molar-refractivity contribution in [3.05, 3.63) is 24.3 Å². The average Bonchev–Trinajstić information content (AvgIpc) is 3.06. The van der Waals surface area contributed by atoms with Gasteiger partial charge in [-0.15, -0.1) is 0 Å². The van der Waals surface area contributed by atoms with Crippen LogP contribution in [0.5, 0.6) is 0 Å². The summed E-state index contributed by atoms with van der Waals surface area (Å²) in [5.41, 5.74) is -3.66. The van der Waals surface area contributed by atoms with Gasteiger partial charge in [0.25, 0.3) is 0 Å². The number of unbranched alkanes of at least 4 members (excludes halogenated alkanes) is 24. The van der Waals surface area contributed by atoms with Crippen LogP contribution in [0.4, 0.5) is 0 Å². The highest BCUT2D eigenvalue weighted by molar-refractivity contribution is 5.85. The molecule has 0 saturated heterocycles. The molecule has 0 aromatic heterocycles. The maximum absolute atomic E-state index is 12.5. The van der Waals surface area contributed by atoms with E-state index in [1.807, 2.05) is 0 Å². The van der Waals surface area contributed by atoms with Gasteiger partial charge < -0.3 is 20.4 Å². The lowest BCUT2D eigenvalue weighted by Gasteiger charge is -2.30. The van der Waals surface area contributed by atoms with Gasteiger partial charge in [0.15, 0.2) is 0 Å². The van der Waals surface area contributed by atoms with E-state index >= 15 is 0 Å². The molecule has 0 aliphatic carbocycles. The molecule has 50 heavy (non-hydrogen) atoms. The summed E-state index contributed by atoms with van der Waals surface area (Å²) in [5.74, 6) is -5.30. The molecule has 0 heterocycles. The van der Waals surface area contributed by atoms with Gasteiger partial charge in [-0.1, -0.05) is 179 Å². The fourth-order valence-electron chi connectivity index (χ4n) is 6.78. The Kier molecular flexibility index (Phi) is 29.5. The number of carboxylic acids is 4. The molecule has 8 heteroatoms. The third-order valence-corrected chi connectivity index (χ3v) is 10.1. The zero-order valence-electron chi connectivity index (χ0n) is 31.9. The first kappa shape index (κ1) is 47.4. The zero-order valence-corrected chi connectivity index (χ0v) is 31.9. The maximum atomic E-state index is 12.5. The van der Waals surface area contributed by atoms with Crippen molar-refractivity contribution >= 4 is 23.9 Å². The highest BCUT2D eigenvalue weighted by Crippen LogP contribution is 2.39. The van der Waals surface area contributed by atoms with Crippen molar-refractivity contribution in [1.29, 1.82) is 0 Å². The second-order valence-electron chi connectivity index (χ2n) is 14.7. The molecular formula is C42H74O8. The van der Waals surface area contributed by atoms with E-state index < -0.39 is 47.5 Å². The third-order valence-electron chi connectivity index (χ3n) is 10.1. The van der Waals surface area contributed by atoms with Crippen LogP contribution in [0, 0.1) is 10.8 Å². The summed E-state index contributed by atoms with van der Waals surface area (Å²) in [6.07, 6.45) is 34.3. The summed E-state index contributed by atoms with van der Waals surface area (Å²) in [7, 11) is 0. The van der Waals surface area contributed by atoms with E-state index in [-0.39, 0.29) is 12.8 Å². The van der Waals surface area contributed by atoms with Gasteiger partial charge in [-0.2, -0.15) is 0 Å². The summed E-state index contributed by atoms with van der Waals surface area (Å²) in [4.78, 5) is 48.7. The van der Waals surface area contributed by atoms with Crippen molar-refractivity contribution < 1.29 is 39.6 Å². The maximum Gasteiger partial charge on any atom is 0.314 e. The number of carboxylic acid groups (broad SMARTS) is 4. The molecule has 0 aliphatic heterocycles. The summed E-state index contributed by atoms with van der Waals surface area (Å²) >= 11 is 0. The molecule has 0 saturated carbocycles. The Morgan fingerprint density at radius 3 is 0.860 bits per heavy atom. The van der Waals surface area contributed by atoms with Gasteiger partial charge in [-0.25, -0.2) is 0 Å². The van der Waals surface area contributed by atoms with Crippen LogP contribution in [0.25, 0.3) is 0 Å². The Bertz CT molecular complexity index is 881. The molecule has 0 rings (SSSR count). The first-order valence-corrected chi connectivity index (χ1v) is 20.3. The van der Waals surface area contributed by atoms with Gasteiger partial charge in [0.1, 0.15) is 0 Å². The fraction of sp³-hybridized carbons (Fsp3) is 0.810. The fourth-order valence-corrected chi connectivity index (χ4v) is 6.78. The van der Waals surface area contributed by atoms with E-state index in [1.165, 1.54) is 128 Å². The minimum absolute atomic E-state index is 0.300. The van der Waals surface area contributed by atoms with Crippen LogP contribution in [-0.2, 0) is 19.2 Å². The highest BCUT2D eigenvalue weighted by atomic mass is 16.4. The third kappa shape index (κ3) is 24.5. The van der Waals surface area contributed by atoms with Crippen molar-refractivity contribution in [2.24, 2.45) is 10.8 Å². The van der Waals surface area contributed by atoms with Crippen molar-refractivity contribution in [2.75, 3.05) is 0 Å². The van der Waals surface area contributed by atoms with Crippen LogP contribution in [0.1, 0.15) is 206 Å². The van der Waals surface area contributed by atoms with Crippen LogP contribution in [0.15, 0.2) is 24.3 Å². The number of carbonyl (C=O) groups is 4. The topological polar surface area (TPSA) is 149 Å². The normalized spacial score (nSPS) is 14.2. The van der Waals surface area contributed by atoms with Crippen molar-refractivity contribution in [2.45, 2.75) is 206 Å². The molecule has 0 radical (unpaired) electrons. The summed E-state index contributed by atoms with van der Waals surface area (Å²) in [5, 5.41) is 39.7. The molecular weight excluding hydrogens is 632 g/mol. The molecule has 0 amide bonds. The number of allylic oxidation sites excluding steroid dienone is 2. The molecule has 0 bridgehead atoms. The Morgan fingerprint density at radius 1 is 0.400 bits per heavy atom. The van der Waals surface area contributed by atoms with Gasteiger partial charge in [-0.3, -0.25) is 19.2 Å². The zero-order chi connectivity index (χ0) is 37.4. The van der Waals surface area contributed by atoms with Gasteiger partial charge in [-0.05, 0) is 38.5 Å². The van der Waals surface area contributed by atoms with Crippen molar-refractivity contribution in [3.8, 4) is 0 Å². The van der Waals surface area contributed by atoms with Gasteiger partial charge in [0.05, 0.1) is 23.7 Å². The van der Waals surface area contributed by atoms with Crippen molar-refractivity contribution in [1.82, 2.24) is 0 Å². The van der Waals surface area contributed by atoms with Crippen LogP contribution in [0.2, 0.25) is 0 Å². The number of rotatable bonds is 37. The molecule has 290 valence electrons. The number of aliphatic carboxylic acids is 4. The molecule has 0 spiro atoms. The molecule has 0 aliphatic rings. The Hall–Kier alpha value is -2.64. The SMILES string of the molecule is CCCCCCCCCCCCCCC=CC(CCC(C=CCCCCCCCCCCCCCC)(CC(=O)O)C(=O)O)(CC(=O)O)C(=O)O. The Labute approximate surface area is 304 Å². The Balaban J connectivity index is 5.01. The molecule has 2 atom stereocenters. The first-order chi connectivity index (χ1) is 24.0. The lowest BCUT2D eigenvalue weighted by molar-refractivity contribution is -0.156. The van der Waals surface area contributed by atoms with Crippen LogP contribution in [0.3, 0.4) is 0 Å². The molecule has 0 aromatic rings. The van der Waals surface area contributed by atoms with Gasteiger partial charge in [0, 0.05) is 0 Å². The summed E-state index contributed by atoms with van der Waals surface area (Å²) in [6, 6.07) is 0. The largest absolute Gasteiger partial charge is 0.481 e. The van der Waals surface area contributed by atoms with E-state index in [0.717, 1.165) is 38.5 Å². The smallest absolute Gasteiger partial charge is 0.314 e. The van der Waals surface area contributed by atoms with Crippen molar-refractivity contribution in [3.63, 3.8) is 0 Å². The van der Waals surface area contributed by atoms with E-state index in [4.69, 9.17) is 0 Å². The second kappa shape index (κ2) is 31.1. The molecule has 8 nitrogen and oxygen atoms in total.